The van der Waals surface area contributed by atoms with Crippen LogP contribution >= 0.6 is 0 Å². The normalized spacial score (nSPS) is 11.4. The van der Waals surface area contributed by atoms with Crippen molar-refractivity contribution in [1.29, 1.82) is 0 Å². The highest BCUT2D eigenvalue weighted by atomic mass is 32.2. The summed E-state index contributed by atoms with van der Waals surface area (Å²) >= 11 is 0. The van der Waals surface area contributed by atoms with Crippen LogP contribution in [0.15, 0.2) is 35.4 Å². The van der Waals surface area contributed by atoms with E-state index in [9.17, 15) is 8.42 Å². The Hall–Kier alpha value is -1.99. The van der Waals surface area contributed by atoms with Gasteiger partial charge in [-0.1, -0.05) is 6.07 Å². The number of sulfonamides is 1. The van der Waals surface area contributed by atoms with Crippen LogP contribution in [0.3, 0.4) is 0 Å². The highest BCUT2D eigenvalue weighted by Gasteiger charge is 2.19. The maximum absolute atomic E-state index is 12.5. The van der Waals surface area contributed by atoms with Gasteiger partial charge in [0, 0.05) is 12.7 Å². The molecule has 0 bridgehead atoms. The maximum atomic E-state index is 12.5. The minimum atomic E-state index is -3.69. The molecule has 2 aromatic rings. The minimum absolute atomic E-state index is 0.202. The SMILES string of the molecule is CNCc1cc(C)c(C)c(S(=O)(=O)Nc2cccnn2)c1. The van der Waals surface area contributed by atoms with E-state index in [1.165, 1.54) is 6.20 Å². The molecule has 1 heterocycles. The van der Waals surface area contributed by atoms with Gasteiger partial charge in [-0.2, -0.15) is 5.10 Å². The van der Waals surface area contributed by atoms with E-state index in [0.717, 1.165) is 16.7 Å². The minimum Gasteiger partial charge on any atom is -0.316 e. The van der Waals surface area contributed by atoms with Gasteiger partial charge in [-0.05, 0) is 55.8 Å². The fourth-order valence-electron chi connectivity index (χ4n) is 2.03. The van der Waals surface area contributed by atoms with Gasteiger partial charge >= 0.3 is 0 Å². The second-order valence-corrected chi connectivity index (χ2v) is 6.43. The van der Waals surface area contributed by atoms with Crippen LogP contribution in [0.5, 0.6) is 0 Å². The number of hydrogen-bond acceptors (Lipinski definition) is 5. The summed E-state index contributed by atoms with van der Waals surface area (Å²) in [5.74, 6) is 0.202. The molecule has 0 saturated carbocycles. The number of nitrogens with one attached hydrogen (secondary N) is 2. The zero-order valence-corrected chi connectivity index (χ0v) is 13.0. The molecule has 0 saturated heterocycles. The summed E-state index contributed by atoms with van der Waals surface area (Å²) in [5.41, 5.74) is 2.58. The van der Waals surface area contributed by atoms with E-state index in [1.54, 1.807) is 25.1 Å². The number of aryl methyl sites for hydroxylation is 1. The molecule has 0 radical (unpaired) electrons. The topological polar surface area (TPSA) is 84.0 Å². The summed E-state index contributed by atoms with van der Waals surface area (Å²) in [4.78, 5) is 0.262. The van der Waals surface area contributed by atoms with Crippen LogP contribution in [0.2, 0.25) is 0 Å². The molecule has 21 heavy (non-hydrogen) atoms. The zero-order chi connectivity index (χ0) is 15.5. The van der Waals surface area contributed by atoms with Crippen molar-refractivity contribution in [2.45, 2.75) is 25.3 Å². The monoisotopic (exact) mass is 306 g/mol. The molecule has 2 rings (SSSR count). The third-order valence-electron chi connectivity index (χ3n) is 3.16. The quantitative estimate of drug-likeness (QED) is 0.877. The molecule has 0 unspecified atom stereocenters. The molecule has 0 atom stereocenters. The maximum Gasteiger partial charge on any atom is 0.263 e. The van der Waals surface area contributed by atoms with E-state index in [-0.39, 0.29) is 10.7 Å². The Labute approximate surface area is 124 Å². The van der Waals surface area contributed by atoms with Crippen molar-refractivity contribution in [3.63, 3.8) is 0 Å². The molecule has 0 aliphatic carbocycles. The summed E-state index contributed by atoms with van der Waals surface area (Å²) in [6, 6.07) is 6.84. The van der Waals surface area contributed by atoms with Gasteiger partial charge < -0.3 is 5.32 Å². The molecule has 0 aliphatic rings. The number of nitrogens with zero attached hydrogens (tertiary/aromatic N) is 2. The third-order valence-corrected chi connectivity index (χ3v) is 4.64. The van der Waals surface area contributed by atoms with Gasteiger partial charge in [0.1, 0.15) is 0 Å². The highest BCUT2D eigenvalue weighted by Crippen LogP contribution is 2.23. The average molecular weight is 306 g/mol. The van der Waals surface area contributed by atoms with E-state index < -0.39 is 10.0 Å². The molecule has 0 amide bonds. The van der Waals surface area contributed by atoms with Crippen molar-refractivity contribution in [2.24, 2.45) is 0 Å². The fraction of sp³-hybridized carbons (Fsp3) is 0.286. The van der Waals surface area contributed by atoms with Crippen molar-refractivity contribution in [2.75, 3.05) is 11.8 Å². The Morgan fingerprint density at radius 1 is 1.24 bits per heavy atom. The smallest absolute Gasteiger partial charge is 0.263 e. The van der Waals surface area contributed by atoms with Crippen LogP contribution < -0.4 is 10.0 Å². The molecule has 6 nitrogen and oxygen atoms in total. The first-order valence-corrected chi connectivity index (χ1v) is 7.97. The molecule has 112 valence electrons. The zero-order valence-electron chi connectivity index (χ0n) is 12.2. The van der Waals surface area contributed by atoms with Crippen LogP contribution in [0, 0.1) is 13.8 Å². The Kier molecular flexibility index (Phi) is 4.54. The number of aromatic nitrogens is 2. The van der Waals surface area contributed by atoms with Crippen molar-refractivity contribution in [1.82, 2.24) is 15.5 Å². The molecule has 0 aliphatic heterocycles. The van der Waals surface area contributed by atoms with Crippen molar-refractivity contribution < 1.29 is 8.42 Å². The molecular formula is C14H18N4O2S. The largest absolute Gasteiger partial charge is 0.316 e. The summed E-state index contributed by atoms with van der Waals surface area (Å²) in [6.07, 6.45) is 1.49. The number of hydrogen-bond donors (Lipinski definition) is 2. The molecule has 2 N–H and O–H groups in total. The number of benzene rings is 1. The highest BCUT2D eigenvalue weighted by molar-refractivity contribution is 7.92. The van der Waals surface area contributed by atoms with E-state index >= 15 is 0 Å². The van der Waals surface area contributed by atoms with Crippen LogP contribution in [-0.4, -0.2) is 25.7 Å². The van der Waals surface area contributed by atoms with Crippen LogP contribution in [0.1, 0.15) is 16.7 Å². The standard InChI is InChI=1S/C14H18N4O2S/c1-10-7-12(9-15-3)8-13(11(10)2)21(19,20)18-14-5-4-6-16-17-14/h4-8,15H,9H2,1-3H3,(H,17,18). The van der Waals surface area contributed by atoms with Gasteiger partial charge in [0.15, 0.2) is 5.82 Å². The predicted octanol–water partition coefficient (Wildman–Crippen LogP) is 1.61. The Balaban J connectivity index is 2.44. The fourth-order valence-corrected chi connectivity index (χ4v) is 3.40. The molecule has 1 aromatic heterocycles. The van der Waals surface area contributed by atoms with E-state index in [4.69, 9.17) is 0 Å². The van der Waals surface area contributed by atoms with Gasteiger partial charge in [0.25, 0.3) is 10.0 Å². The van der Waals surface area contributed by atoms with Crippen molar-refractivity contribution in [3.05, 3.63) is 47.2 Å². The Morgan fingerprint density at radius 3 is 2.62 bits per heavy atom. The molecule has 0 fully saturated rings. The lowest BCUT2D eigenvalue weighted by Gasteiger charge is -2.13. The van der Waals surface area contributed by atoms with Crippen molar-refractivity contribution in [3.8, 4) is 0 Å². The lowest BCUT2D eigenvalue weighted by Crippen LogP contribution is -2.17. The van der Waals surface area contributed by atoms with E-state index in [2.05, 4.69) is 20.2 Å². The third kappa shape index (κ3) is 3.56. The van der Waals surface area contributed by atoms with E-state index in [1.807, 2.05) is 20.0 Å². The van der Waals surface area contributed by atoms with Crippen molar-refractivity contribution >= 4 is 15.8 Å². The lowest BCUT2D eigenvalue weighted by molar-refractivity contribution is 0.600. The first-order valence-electron chi connectivity index (χ1n) is 6.49. The number of rotatable bonds is 5. The molecule has 0 spiro atoms. The van der Waals surface area contributed by atoms with E-state index in [0.29, 0.717) is 6.54 Å². The Bertz CT molecular complexity index is 730. The van der Waals surface area contributed by atoms with Gasteiger partial charge in [0.05, 0.1) is 4.90 Å². The second-order valence-electron chi connectivity index (χ2n) is 4.78. The van der Waals surface area contributed by atoms with Gasteiger partial charge in [-0.3, -0.25) is 4.72 Å². The first-order chi connectivity index (χ1) is 9.94. The molecular weight excluding hydrogens is 288 g/mol. The summed E-state index contributed by atoms with van der Waals surface area (Å²) in [5, 5.41) is 10.4. The predicted molar refractivity (Wildman–Crippen MR) is 81.5 cm³/mol. The van der Waals surface area contributed by atoms with Crippen LogP contribution in [-0.2, 0) is 16.6 Å². The first kappa shape index (κ1) is 15.4. The summed E-state index contributed by atoms with van der Waals surface area (Å²) in [7, 11) is -1.87. The van der Waals surface area contributed by atoms with Crippen LogP contribution in [0.25, 0.3) is 0 Å². The Morgan fingerprint density at radius 2 is 2.00 bits per heavy atom. The molecule has 1 aromatic carbocycles. The second kappa shape index (κ2) is 6.19. The molecule has 7 heteroatoms. The van der Waals surface area contributed by atoms with Crippen LogP contribution in [0.4, 0.5) is 5.82 Å². The van der Waals surface area contributed by atoms with Gasteiger partial charge in [0.2, 0.25) is 0 Å². The number of anilines is 1. The summed E-state index contributed by atoms with van der Waals surface area (Å²) < 4.78 is 27.5. The average Bonchev–Trinajstić information content (AvgIpc) is 2.43. The lowest BCUT2D eigenvalue weighted by atomic mass is 10.1. The van der Waals surface area contributed by atoms with Gasteiger partial charge in [-0.15, -0.1) is 5.10 Å². The van der Waals surface area contributed by atoms with Gasteiger partial charge in [-0.25, -0.2) is 8.42 Å². The summed E-state index contributed by atoms with van der Waals surface area (Å²) in [6.45, 7) is 4.30.